The van der Waals surface area contributed by atoms with Crippen LogP contribution in [0.2, 0.25) is 0 Å². The number of hydrogen-bond donors (Lipinski definition) is 1. The number of nitrogens with zero attached hydrogens (tertiary/aromatic N) is 2. The van der Waals surface area contributed by atoms with Crippen LogP contribution in [0.5, 0.6) is 0 Å². The van der Waals surface area contributed by atoms with Gasteiger partial charge in [-0.1, -0.05) is 30.0 Å². The second kappa shape index (κ2) is 8.91. The molecule has 1 heterocycles. The molecule has 2 aromatic carbocycles. The van der Waals surface area contributed by atoms with Crippen LogP contribution < -0.4 is 10.2 Å². The standard InChI is InChI=1S/C22H25N3OS/c1-4-25(5-2)18-12-10-17(11-13-18)23-21(26)15-27-22-14-16(3)19-8-6-7-9-20(19)24-22/h6-14H,4-5,15H2,1-3H3,(H,23,26). The van der Waals surface area contributed by atoms with E-state index in [-0.39, 0.29) is 5.91 Å². The molecule has 0 aliphatic carbocycles. The topological polar surface area (TPSA) is 45.2 Å². The van der Waals surface area contributed by atoms with Crippen LogP contribution in [0, 0.1) is 6.92 Å². The first kappa shape index (κ1) is 19.2. The molecule has 0 atom stereocenters. The van der Waals surface area contributed by atoms with Crippen molar-refractivity contribution in [3.05, 3.63) is 60.2 Å². The Labute approximate surface area is 165 Å². The third kappa shape index (κ3) is 4.80. The van der Waals surface area contributed by atoms with Gasteiger partial charge in [-0.3, -0.25) is 4.79 Å². The van der Waals surface area contributed by atoms with E-state index in [1.807, 2.05) is 48.5 Å². The van der Waals surface area contributed by atoms with Crippen LogP contribution in [0.15, 0.2) is 59.6 Å². The number of aromatic nitrogens is 1. The van der Waals surface area contributed by atoms with E-state index in [1.54, 1.807) is 0 Å². The number of pyridine rings is 1. The van der Waals surface area contributed by atoms with Crippen LogP contribution in [0.4, 0.5) is 11.4 Å². The number of nitrogens with one attached hydrogen (secondary N) is 1. The van der Waals surface area contributed by atoms with E-state index >= 15 is 0 Å². The summed E-state index contributed by atoms with van der Waals surface area (Å²) < 4.78 is 0. The zero-order valence-electron chi connectivity index (χ0n) is 16.0. The van der Waals surface area contributed by atoms with Crippen LogP contribution in [0.25, 0.3) is 10.9 Å². The molecule has 3 aromatic rings. The average molecular weight is 380 g/mol. The van der Waals surface area contributed by atoms with Crippen molar-refractivity contribution in [2.75, 3.05) is 29.1 Å². The fraction of sp³-hybridized carbons (Fsp3) is 0.273. The van der Waals surface area contributed by atoms with Crippen molar-refractivity contribution < 1.29 is 4.79 Å². The predicted octanol–water partition coefficient (Wildman–Crippen LogP) is 5.12. The summed E-state index contributed by atoms with van der Waals surface area (Å²) in [5.74, 6) is 0.311. The summed E-state index contributed by atoms with van der Waals surface area (Å²) in [5.41, 5.74) is 4.13. The van der Waals surface area contributed by atoms with Gasteiger partial charge in [0.25, 0.3) is 0 Å². The monoisotopic (exact) mass is 379 g/mol. The Balaban J connectivity index is 1.60. The fourth-order valence-electron chi connectivity index (χ4n) is 3.07. The van der Waals surface area contributed by atoms with E-state index in [0.717, 1.165) is 34.7 Å². The van der Waals surface area contributed by atoms with Crippen molar-refractivity contribution in [2.24, 2.45) is 0 Å². The molecule has 0 aliphatic rings. The summed E-state index contributed by atoms with van der Waals surface area (Å²) in [7, 11) is 0. The van der Waals surface area contributed by atoms with Gasteiger partial charge in [0.15, 0.2) is 0 Å². The highest BCUT2D eigenvalue weighted by Crippen LogP contribution is 2.24. The lowest BCUT2D eigenvalue weighted by Crippen LogP contribution is -2.21. The molecule has 0 unspecified atom stereocenters. The lowest BCUT2D eigenvalue weighted by molar-refractivity contribution is -0.113. The molecule has 0 fully saturated rings. The van der Waals surface area contributed by atoms with Crippen LogP contribution >= 0.6 is 11.8 Å². The molecule has 1 amide bonds. The Kier molecular flexibility index (Phi) is 6.35. The molecule has 0 bridgehead atoms. The van der Waals surface area contributed by atoms with Crippen molar-refractivity contribution in [2.45, 2.75) is 25.8 Å². The molecule has 0 saturated heterocycles. The summed E-state index contributed by atoms with van der Waals surface area (Å²) >= 11 is 1.46. The minimum atomic E-state index is -0.0248. The van der Waals surface area contributed by atoms with Gasteiger partial charge in [0, 0.05) is 29.9 Å². The quantitative estimate of drug-likeness (QED) is 0.579. The molecule has 140 valence electrons. The summed E-state index contributed by atoms with van der Waals surface area (Å²) in [6, 6.07) is 18.1. The molecule has 1 aromatic heterocycles. The molecule has 0 radical (unpaired) electrons. The van der Waals surface area contributed by atoms with E-state index in [0.29, 0.717) is 5.75 Å². The van der Waals surface area contributed by atoms with Crippen molar-refractivity contribution >= 4 is 39.9 Å². The first-order chi connectivity index (χ1) is 13.1. The maximum atomic E-state index is 12.3. The van der Waals surface area contributed by atoms with E-state index in [4.69, 9.17) is 0 Å². The lowest BCUT2D eigenvalue weighted by Gasteiger charge is -2.21. The number of benzene rings is 2. The maximum Gasteiger partial charge on any atom is 0.234 e. The number of rotatable bonds is 7. The number of anilines is 2. The number of aryl methyl sites for hydroxylation is 1. The number of para-hydroxylation sites is 1. The van der Waals surface area contributed by atoms with E-state index in [2.05, 4.69) is 42.0 Å². The number of thioether (sulfide) groups is 1. The molecular formula is C22H25N3OS. The second-order valence-electron chi connectivity index (χ2n) is 6.35. The Morgan fingerprint density at radius 3 is 2.48 bits per heavy atom. The number of hydrogen-bond acceptors (Lipinski definition) is 4. The Morgan fingerprint density at radius 1 is 1.07 bits per heavy atom. The molecule has 4 nitrogen and oxygen atoms in total. The summed E-state index contributed by atoms with van der Waals surface area (Å²) in [6.07, 6.45) is 0. The zero-order chi connectivity index (χ0) is 19.2. The highest BCUT2D eigenvalue weighted by atomic mass is 32.2. The van der Waals surface area contributed by atoms with Crippen molar-refractivity contribution in [1.29, 1.82) is 0 Å². The van der Waals surface area contributed by atoms with Gasteiger partial charge in [-0.15, -0.1) is 0 Å². The van der Waals surface area contributed by atoms with Gasteiger partial charge in [-0.05, 0) is 62.7 Å². The van der Waals surface area contributed by atoms with Crippen molar-refractivity contribution in [1.82, 2.24) is 4.98 Å². The van der Waals surface area contributed by atoms with Gasteiger partial charge in [0.05, 0.1) is 16.3 Å². The molecule has 27 heavy (non-hydrogen) atoms. The van der Waals surface area contributed by atoms with Gasteiger partial charge in [0.2, 0.25) is 5.91 Å². The summed E-state index contributed by atoms with van der Waals surface area (Å²) in [5, 5.41) is 4.99. The summed E-state index contributed by atoms with van der Waals surface area (Å²) in [6.45, 7) is 8.29. The number of fused-ring (bicyclic) bond motifs is 1. The third-order valence-corrected chi connectivity index (χ3v) is 5.44. The van der Waals surface area contributed by atoms with Crippen molar-refractivity contribution in [3.8, 4) is 0 Å². The fourth-order valence-corrected chi connectivity index (χ4v) is 3.85. The minimum Gasteiger partial charge on any atom is -0.372 e. The van der Waals surface area contributed by atoms with Crippen LogP contribution in [0.3, 0.4) is 0 Å². The highest BCUT2D eigenvalue weighted by Gasteiger charge is 2.08. The number of amides is 1. The smallest absolute Gasteiger partial charge is 0.234 e. The van der Waals surface area contributed by atoms with Crippen molar-refractivity contribution in [3.63, 3.8) is 0 Å². The predicted molar refractivity (Wildman–Crippen MR) is 116 cm³/mol. The largest absolute Gasteiger partial charge is 0.372 e. The van der Waals surface area contributed by atoms with Gasteiger partial charge in [0.1, 0.15) is 0 Å². The SMILES string of the molecule is CCN(CC)c1ccc(NC(=O)CSc2cc(C)c3ccccc3n2)cc1. The minimum absolute atomic E-state index is 0.0248. The lowest BCUT2D eigenvalue weighted by atomic mass is 10.1. The van der Waals surface area contributed by atoms with Gasteiger partial charge >= 0.3 is 0 Å². The molecule has 3 rings (SSSR count). The zero-order valence-corrected chi connectivity index (χ0v) is 16.8. The first-order valence-corrected chi connectivity index (χ1v) is 10.2. The second-order valence-corrected chi connectivity index (χ2v) is 7.35. The molecular weight excluding hydrogens is 354 g/mol. The van der Waals surface area contributed by atoms with Gasteiger partial charge < -0.3 is 10.2 Å². The normalized spacial score (nSPS) is 10.8. The van der Waals surface area contributed by atoms with Crippen LogP contribution in [0.1, 0.15) is 19.4 Å². The van der Waals surface area contributed by atoms with Gasteiger partial charge in [-0.2, -0.15) is 0 Å². The molecule has 1 N–H and O–H groups in total. The first-order valence-electron chi connectivity index (χ1n) is 9.24. The summed E-state index contributed by atoms with van der Waals surface area (Å²) in [4.78, 5) is 19.2. The Hall–Kier alpha value is -2.53. The molecule has 5 heteroatoms. The van der Waals surface area contributed by atoms with Crippen LogP contribution in [-0.2, 0) is 4.79 Å². The number of carbonyl (C=O) groups excluding carboxylic acids is 1. The Morgan fingerprint density at radius 2 is 1.78 bits per heavy atom. The van der Waals surface area contributed by atoms with E-state index in [9.17, 15) is 4.79 Å². The van der Waals surface area contributed by atoms with E-state index in [1.165, 1.54) is 23.0 Å². The number of carbonyl (C=O) groups is 1. The molecule has 0 aliphatic heterocycles. The average Bonchev–Trinajstić information content (AvgIpc) is 2.69. The Bertz CT molecular complexity index is 920. The van der Waals surface area contributed by atoms with E-state index < -0.39 is 0 Å². The maximum absolute atomic E-state index is 12.3. The van der Waals surface area contributed by atoms with Gasteiger partial charge in [-0.25, -0.2) is 4.98 Å². The van der Waals surface area contributed by atoms with Crippen LogP contribution in [-0.4, -0.2) is 29.7 Å². The third-order valence-electron chi connectivity index (χ3n) is 4.53. The highest BCUT2D eigenvalue weighted by molar-refractivity contribution is 7.99. The molecule has 0 saturated carbocycles. The molecule has 0 spiro atoms.